The van der Waals surface area contributed by atoms with E-state index in [2.05, 4.69) is 10.2 Å². The Morgan fingerprint density at radius 2 is 1.81 bits per heavy atom. The molecule has 3 rings (SSSR count). The summed E-state index contributed by atoms with van der Waals surface area (Å²) in [5.74, 6) is 0.818. The first-order valence-electron chi connectivity index (χ1n) is 9.81. The molecular weight excluding hydrogens is 331 g/mol. The van der Waals surface area contributed by atoms with Crippen molar-refractivity contribution in [3.05, 3.63) is 30.1 Å². The second-order valence-corrected chi connectivity index (χ2v) is 7.43. The number of anilines is 1. The number of nitrogens with zero attached hydrogens (tertiary/aromatic N) is 3. The number of likely N-dealkylation sites (tertiary alicyclic amines) is 1. The van der Waals surface area contributed by atoms with Crippen molar-refractivity contribution >= 4 is 11.6 Å². The van der Waals surface area contributed by atoms with Crippen LogP contribution in [0.3, 0.4) is 0 Å². The number of hydrogen-bond acceptors (Lipinski definition) is 4. The van der Waals surface area contributed by atoms with Crippen LogP contribution >= 0.6 is 0 Å². The number of piperazine rings is 1. The zero-order chi connectivity index (χ0) is 18.4. The summed E-state index contributed by atoms with van der Waals surface area (Å²) < 4.78 is 13.9. The molecule has 2 aliphatic rings. The normalized spacial score (nSPS) is 19.8. The summed E-state index contributed by atoms with van der Waals surface area (Å²) in [4.78, 5) is 18.9. The fraction of sp³-hybridized carbons (Fsp3) is 0.650. The van der Waals surface area contributed by atoms with Crippen LogP contribution in [0.15, 0.2) is 24.3 Å². The number of carbonyl (C=O) groups excluding carboxylic acids is 1. The zero-order valence-electron chi connectivity index (χ0n) is 15.8. The summed E-state index contributed by atoms with van der Waals surface area (Å²) >= 11 is 0. The Morgan fingerprint density at radius 3 is 2.46 bits per heavy atom. The molecule has 144 valence electrons. The van der Waals surface area contributed by atoms with Gasteiger partial charge in [0.1, 0.15) is 5.82 Å². The molecule has 1 aromatic rings. The lowest BCUT2D eigenvalue weighted by Crippen LogP contribution is -2.52. The van der Waals surface area contributed by atoms with Gasteiger partial charge in [-0.15, -0.1) is 0 Å². The molecule has 26 heavy (non-hydrogen) atoms. The number of para-hydroxylation sites is 1. The van der Waals surface area contributed by atoms with Gasteiger partial charge in [-0.05, 0) is 64.0 Å². The smallest absolute Gasteiger partial charge is 0.236 e. The van der Waals surface area contributed by atoms with Gasteiger partial charge in [-0.3, -0.25) is 9.69 Å². The lowest BCUT2D eigenvalue weighted by Gasteiger charge is -2.38. The maximum absolute atomic E-state index is 13.9. The first-order chi connectivity index (χ1) is 12.7. The number of rotatable bonds is 6. The molecule has 2 heterocycles. The van der Waals surface area contributed by atoms with E-state index in [-0.39, 0.29) is 11.7 Å². The van der Waals surface area contributed by atoms with Crippen LogP contribution in [0.2, 0.25) is 0 Å². The topological polar surface area (TPSA) is 38.8 Å². The van der Waals surface area contributed by atoms with Crippen molar-refractivity contribution in [1.29, 1.82) is 0 Å². The zero-order valence-corrected chi connectivity index (χ0v) is 15.8. The number of nitrogens with one attached hydrogen (secondary N) is 1. The molecule has 1 N–H and O–H groups in total. The number of amides is 1. The van der Waals surface area contributed by atoms with Gasteiger partial charge in [-0.25, -0.2) is 4.39 Å². The van der Waals surface area contributed by atoms with Gasteiger partial charge in [0.2, 0.25) is 5.91 Å². The molecule has 1 aromatic carbocycles. The third kappa shape index (κ3) is 4.95. The molecule has 2 saturated heterocycles. The molecule has 0 spiro atoms. The summed E-state index contributed by atoms with van der Waals surface area (Å²) in [6.07, 6.45) is 3.61. The molecule has 0 atom stereocenters. The molecule has 2 aliphatic heterocycles. The van der Waals surface area contributed by atoms with Gasteiger partial charge in [0.25, 0.3) is 0 Å². The molecule has 0 unspecified atom stereocenters. The molecule has 6 heteroatoms. The Labute approximate surface area is 156 Å². The van der Waals surface area contributed by atoms with Crippen LogP contribution in [0.1, 0.15) is 19.3 Å². The van der Waals surface area contributed by atoms with E-state index in [0.717, 1.165) is 25.6 Å². The largest absolute Gasteiger partial charge is 0.366 e. The highest BCUT2D eigenvalue weighted by Crippen LogP contribution is 2.21. The molecule has 0 aliphatic carbocycles. The highest BCUT2D eigenvalue weighted by molar-refractivity contribution is 5.78. The Hall–Kier alpha value is -1.66. The van der Waals surface area contributed by atoms with E-state index >= 15 is 0 Å². The Balaban J connectivity index is 1.41. The number of carbonyl (C=O) groups is 1. The monoisotopic (exact) mass is 362 g/mol. The van der Waals surface area contributed by atoms with Gasteiger partial charge in [-0.1, -0.05) is 12.1 Å². The van der Waals surface area contributed by atoms with Crippen molar-refractivity contribution in [3.63, 3.8) is 0 Å². The lowest BCUT2D eigenvalue weighted by molar-refractivity contribution is -0.133. The summed E-state index contributed by atoms with van der Waals surface area (Å²) in [6.45, 7) is 6.38. The third-order valence-electron chi connectivity index (χ3n) is 5.69. The van der Waals surface area contributed by atoms with E-state index in [1.54, 1.807) is 6.07 Å². The second-order valence-electron chi connectivity index (χ2n) is 7.43. The fourth-order valence-electron chi connectivity index (χ4n) is 3.98. The standard InChI is InChI=1S/C20H31FN4O/c1-22-9-6-17-7-10-23(11-8-17)16-20(26)25-14-12-24(13-15-25)19-5-3-2-4-18(19)21/h2-5,17,22H,6-16H2,1H3. The maximum atomic E-state index is 13.9. The number of piperidine rings is 1. The van der Waals surface area contributed by atoms with Gasteiger partial charge < -0.3 is 15.1 Å². The third-order valence-corrected chi connectivity index (χ3v) is 5.69. The van der Waals surface area contributed by atoms with E-state index in [0.29, 0.717) is 38.4 Å². The molecule has 2 fully saturated rings. The van der Waals surface area contributed by atoms with Crippen LogP contribution in [0.25, 0.3) is 0 Å². The van der Waals surface area contributed by atoms with Crippen molar-refractivity contribution in [2.75, 3.05) is 64.3 Å². The fourth-order valence-corrected chi connectivity index (χ4v) is 3.98. The summed E-state index contributed by atoms with van der Waals surface area (Å²) in [6, 6.07) is 6.87. The number of benzene rings is 1. The minimum Gasteiger partial charge on any atom is -0.366 e. The van der Waals surface area contributed by atoms with Crippen LogP contribution in [-0.4, -0.2) is 75.1 Å². The van der Waals surface area contributed by atoms with E-state index in [9.17, 15) is 9.18 Å². The molecule has 0 aromatic heterocycles. The lowest BCUT2D eigenvalue weighted by atomic mass is 9.93. The molecule has 0 radical (unpaired) electrons. The van der Waals surface area contributed by atoms with Gasteiger partial charge in [0.15, 0.2) is 0 Å². The van der Waals surface area contributed by atoms with Gasteiger partial charge in [0.05, 0.1) is 12.2 Å². The Morgan fingerprint density at radius 1 is 1.12 bits per heavy atom. The predicted molar refractivity (Wildman–Crippen MR) is 103 cm³/mol. The summed E-state index contributed by atoms with van der Waals surface area (Å²) in [5.41, 5.74) is 0.642. The minimum atomic E-state index is -0.187. The first-order valence-corrected chi connectivity index (χ1v) is 9.81. The van der Waals surface area contributed by atoms with Crippen molar-refractivity contribution in [1.82, 2.24) is 15.1 Å². The van der Waals surface area contributed by atoms with Crippen molar-refractivity contribution in [2.45, 2.75) is 19.3 Å². The van der Waals surface area contributed by atoms with Crippen LogP contribution in [-0.2, 0) is 4.79 Å². The SMILES string of the molecule is CNCCC1CCN(CC(=O)N2CCN(c3ccccc3F)CC2)CC1. The van der Waals surface area contributed by atoms with Gasteiger partial charge in [-0.2, -0.15) is 0 Å². The van der Waals surface area contributed by atoms with Gasteiger partial charge >= 0.3 is 0 Å². The van der Waals surface area contributed by atoms with Gasteiger partial charge in [0, 0.05) is 26.2 Å². The predicted octanol–water partition coefficient (Wildman–Crippen LogP) is 1.80. The van der Waals surface area contributed by atoms with E-state index in [1.807, 2.05) is 29.0 Å². The quantitative estimate of drug-likeness (QED) is 0.838. The van der Waals surface area contributed by atoms with Crippen LogP contribution in [0.4, 0.5) is 10.1 Å². The Bertz CT molecular complexity index is 581. The van der Waals surface area contributed by atoms with Crippen molar-refractivity contribution in [3.8, 4) is 0 Å². The van der Waals surface area contributed by atoms with E-state index in [4.69, 9.17) is 0 Å². The summed E-state index contributed by atoms with van der Waals surface area (Å²) in [7, 11) is 2.00. The summed E-state index contributed by atoms with van der Waals surface area (Å²) in [5, 5.41) is 3.22. The highest BCUT2D eigenvalue weighted by atomic mass is 19.1. The number of hydrogen-bond donors (Lipinski definition) is 1. The molecular formula is C20H31FN4O. The van der Waals surface area contributed by atoms with Crippen molar-refractivity contribution in [2.24, 2.45) is 5.92 Å². The Kier molecular flexibility index (Phi) is 6.86. The van der Waals surface area contributed by atoms with Crippen molar-refractivity contribution < 1.29 is 9.18 Å². The van der Waals surface area contributed by atoms with E-state index < -0.39 is 0 Å². The highest BCUT2D eigenvalue weighted by Gasteiger charge is 2.26. The average molecular weight is 362 g/mol. The number of halogens is 1. The first kappa shape index (κ1) is 19.1. The minimum absolute atomic E-state index is 0.187. The van der Waals surface area contributed by atoms with Crippen LogP contribution < -0.4 is 10.2 Å². The molecule has 1 amide bonds. The van der Waals surface area contributed by atoms with Crippen LogP contribution in [0, 0.1) is 11.7 Å². The van der Waals surface area contributed by atoms with Crippen LogP contribution in [0.5, 0.6) is 0 Å². The molecule has 0 saturated carbocycles. The maximum Gasteiger partial charge on any atom is 0.236 e. The molecule has 5 nitrogen and oxygen atoms in total. The molecule has 0 bridgehead atoms. The second kappa shape index (κ2) is 9.33. The van der Waals surface area contributed by atoms with E-state index in [1.165, 1.54) is 25.3 Å². The average Bonchev–Trinajstić information content (AvgIpc) is 2.68.